The Labute approximate surface area is 119 Å². The molecule has 2 rings (SSSR count). The Morgan fingerprint density at radius 3 is 2.55 bits per heavy atom. The zero-order valence-electron chi connectivity index (χ0n) is 12.2. The number of ether oxygens (including phenoxy) is 2. The van der Waals surface area contributed by atoms with Crippen molar-refractivity contribution in [2.75, 3.05) is 13.7 Å². The number of hydrogen-bond donors (Lipinski definition) is 0. The molecule has 0 saturated heterocycles. The van der Waals surface area contributed by atoms with Crippen LogP contribution in [0, 0.1) is 5.92 Å². The Bertz CT molecular complexity index is 604. The maximum Gasteiger partial charge on any atom is 0.308 e. The fourth-order valence-corrected chi connectivity index (χ4v) is 2.25. The molecule has 0 fully saturated rings. The minimum absolute atomic E-state index is 0.120. The highest BCUT2D eigenvalue weighted by Gasteiger charge is 2.14. The highest BCUT2D eigenvalue weighted by molar-refractivity contribution is 5.84. The van der Waals surface area contributed by atoms with E-state index in [1.165, 1.54) is 0 Å². The first kappa shape index (κ1) is 14.4. The summed E-state index contributed by atoms with van der Waals surface area (Å²) in [6.07, 6.45) is 0.695. The molecule has 0 unspecified atom stereocenters. The Morgan fingerprint density at radius 1 is 1.15 bits per heavy atom. The summed E-state index contributed by atoms with van der Waals surface area (Å²) >= 11 is 0. The number of methoxy groups -OCH3 is 1. The van der Waals surface area contributed by atoms with E-state index in [2.05, 4.69) is 18.2 Å². The number of benzene rings is 2. The molecule has 0 aromatic heterocycles. The van der Waals surface area contributed by atoms with E-state index in [1.54, 1.807) is 7.11 Å². The average Bonchev–Trinajstić information content (AvgIpc) is 2.46. The molecular weight excluding hydrogens is 252 g/mol. The minimum atomic E-state index is -0.137. The first-order chi connectivity index (χ1) is 9.63. The lowest BCUT2D eigenvalue weighted by Gasteiger charge is -2.11. The van der Waals surface area contributed by atoms with E-state index in [4.69, 9.17) is 9.47 Å². The van der Waals surface area contributed by atoms with E-state index in [1.807, 2.05) is 32.0 Å². The summed E-state index contributed by atoms with van der Waals surface area (Å²) in [5, 5.41) is 2.29. The smallest absolute Gasteiger partial charge is 0.308 e. The summed E-state index contributed by atoms with van der Waals surface area (Å²) in [6, 6.07) is 12.2. The monoisotopic (exact) mass is 272 g/mol. The molecule has 0 aliphatic heterocycles. The van der Waals surface area contributed by atoms with Gasteiger partial charge in [0, 0.05) is 0 Å². The van der Waals surface area contributed by atoms with Crippen LogP contribution in [0.1, 0.15) is 19.4 Å². The SMILES string of the molecule is CCOC(=O)[C@H](C)Cc1ccc2cc(OC)ccc2c1. The van der Waals surface area contributed by atoms with Crippen LogP contribution >= 0.6 is 0 Å². The molecule has 20 heavy (non-hydrogen) atoms. The first-order valence-electron chi connectivity index (χ1n) is 6.87. The number of carbonyl (C=O) groups is 1. The maximum absolute atomic E-state index is 11.7. The summed E-state index contributed by atoms with van der Waals surface area (Å²) in [5.74, 6) is 0.595. The number of fused-ring (bicyclic) bond motifs is 1. The van der Waals surface area contributed by atoms with Gasteiger partial charge in [-0.15, -0.1) is 0 Å². The van der Waals surface area contributed by atoms with Crippen LogP contribution in [0.15, 0.2) is 36.4 Å². The van der Waals surface area contributed by atoms with Gasteiger partial charge in [0.1, 0.15) is 5.75 Å². The van der Waals surface area contributed by atoms with E-state index >= 15 is 0 Å². The second kappa shape index (κ2) is 6.42. The van der Waals surface area contributed by atoms with Crippen LogP contribution in [-0.4, -0.2) is 19.7 Å². The van der Waals surface area contributed by atoms with Gasteiger partial charge in [0.25, 0.3) is 0 Å². The van der Waals surface area contributed by atoms with Crippen molar-refractivity contribution in [1.29, 1.82) is 0 Å². The predicted molar refractivity (Wildman–Crippen MR) is 80.0 cm³/mol. The molecule has 0 bridgehead atoms. The molecule has 2 aromatic rings. The third kappa shape index (κ3) is 3.29. The number of rotatable bonds is 5. The third-order valence-corrected chi connectivity index (χ3v) is 3.34. The Kier molecular flexibility index (Phi) is 4.61. The molecule has 106 valence electrons. The van der Waals surface area contributed by atoms with Crippen molar-refractivity contribution in [3.8, 4) is 5.75 Å². The Morgan fingerprint density at radius 2 is 1.85 bits per heavy atom. The van der Waals surface area contributed by atoms with Crippen molar-refractivity contribution in [1.82, 2.24) is 0 Å². The normalized spacial score (nSPS) is 12.2. The fraction of sp³-hybridized carbons (Fsp3) is 0.353. The molecule has 0 aliphatic rings. The molecule has 2 aromatic carbocycles. The van der Waals surface area contributed by atoms with Crippen LogP contribution in [0.2, 0.25) is 0 Å². The van der Waals surface area contributed by atoms with Crippen molar-refractivity contribution in [3.63, 3.8) is 0 Å². The van der Waals surface area contributed by atoms with Crippen molar-refractivity contribution in [3.05, 3.63) is 42.0 Å². The van der Waals surface area contributed by atoms with Gasteiger partial charge >= 0.3 is 5.97 Å². The summed E-state index contributed by atoms with van der Waals surface area (Å²) in [5.41, 5.74) is 1.14. The lowest BCUT2D eigenvalue weighted by Crippen LogP contribution is -2.16. The number of esters is 1. The highest BCUT2D eigenvalue weighted by Crippen LogP contribution is 2.23. The first-order valence-corrected chi connectivity index (χ1v) is 6.87. The van der Waals surface area contributed by atoms with Crippen molar-refractivity contribution < 1.29 is 14.3 Å². The highest BCUT2D eigenvalue weighted by atomic mass is 16.5. The van der Waals surface area contributed by atoms with Gasteiger partial charge in [-0.3, -0.25) is 4.79 Å². The largest absolute Gasteiger partial charge is 0.497 e. The molecule has 0 aliphatic carbocycles. The second-order valence-electron chi connectivity index (χ2n) is 4.90. The van der Waals surface area contributed by atoms with Crippen LogP contribution in [0.3, 0.4) is 0 Å². The summed E-state index contributed by atoms with van der Waals surface area (Å²) < 4.78 is 10.3. The van der Waals surface area contributed by atoms with E-state index < -0.39 is 0 Å². The standard InChI is InChI=1S/C17H20O3/c1-4-20-17(18)12(2)9-13-5-6-15-11-16(19-3)8-7-14(15)10-13/h5-8,10-12H,4,9H2,1-3H3/t12-/m1/s1. The van der Waals surface area contributed by atoms with Crippen LogP contribution in [0.4, 0.5) is 0 Å². The van der Waals surface area contributed by atoms with Gasteiger partial charge < -0.3 is 9.47 Å². The summed E-state index contributed by atoms with van der Waals surface area (Å²) in [6.45, 7) is 4.16. The van der Waals surface area contributed by atoms with Gasteiger partial charge in [-0.25, -0.2) is 0 Å². The second-order valence-corrected chi connectivity index (χ2v) is 4.90. The van der Waals surface area contributed by atoms with Gasteiger partial charge in [-0.05, 0) is 41.8 Å². The fourth-order valence-electron chi connectivity index (χ4n) is 2.25. The third-order valence-electron chi connectivity index (χ3n) is 3.34. The van der Waals surface area contributed by atoms with E-state index in [9.17, 15) is 4.79 Å². The zero-order chi connectivity index (χ0) is 14.5. The van der Waals surface area contributed by atoms with Crippen molar-refractivity contribution >= 4 is 16.7 Å². The lowest BCUT2D eigenvalue weighted by atomic mass is 9.98. The molecule has 0 radical (unpaired) electrons. The van der Waals surface area contributed by atoms with Crippen molar-refractivity contribution in [2.24, 2.45) is 5.92 Å². The van der Waals surface area contributed by atoms with Crippen molar-refractivity contribution in [2.45, 2.75) is 20.3 Å². The van der Waals surface area contributed by atoms with Crippen LogP contribution in [-0.2, 0) is 16.0 Å². The molecule has 3 nitrogen and oxygen atoms in total. The predicted octanol–water partition coefficient (Wildman–Crippen LogP) is 3.59. The molecular formula is C17H20O3. The van der Waals surface area contributed by atoms with E-state index in [0.29, 0.717) is 13.0 Å². The Hall–Kier alpha value is -2.03. The van der Waals surface area contributed by atoms with Gasteiger partial charge in [0.2, 0.25) is 0 Å². The average molecular weight is 272 g/mol. The quantitative estimate of drug-likeness (QED) is 0.780. The van der Waals surface area contributed by atoms with Crippen LogP contribution < -0.4 is 4.74 Å². The maximum atomic E-state index is 11.7. The molecule has 3 heteroatoms. The van der Waals surface area contributed by atoms with Crippen LogP contribution in [0.25, 0.3) is 10.8 Å². The minimum Gasteiger partial charge on any atom is -0.497 e. The summed E-state index contributed by atoms with van der Waals surface area (Å²) in [7, 11) is 1.66. The number of hydrogen-bond acceptors (Lipinski definition) is 3. The Balaban J connectivity index is 2.17. The molecule has 1 atom stereocenters. The van der Waals surface area contributed by atoms with E-state index in [0.717, 1.165) is 22.1 Å². The van der Waals surface area contributed by atoms with E-state index in [-0.39, 0.29) is 11.9 Å². The molecule has 0 amide bonds. The van der Waals surface area contributed by atoms with Gasteiger partial charge in [-0.2, -0.15) is 0 Å². The van der Waals surface area contributed by atoms with Gasteiger partial charge in [0.05, 0.1) is 19.6 Å². The van der Waals surface area contributed by atoms with Gasteiger partial charge in [-0.1, -0.05) is 31.2 Å². The molecule has 0 N–H and O–H groups in total. The zero-order valence-corrected chi connectivity index (χ0v) is 12.2. The summed E-state index contributed by atoms with van der Waals surface area (Å²) in [4.78, 5) is 11.7. The topological polar surface area (TPSA) is 35.5 Å². The molecule has 0 saturated carbocycles. The molecule has 0 heterocycles. The number of carbonyl (C=O) groups excluding carboxylic acids is 1. The van der Waals surface area contributed by atoms with Crippen LogP contribution in [0.5, 0.6) is 5.75 Å². The molecule has 0 spiro atoms. The lowest BCUT2D eigenvalue weighted by molar-refractivity contribution is -0.147. The van der Waals surface area contributed by atoms with Gasteiger partial charge in [0.15, 0.2) is 0 Å².